The zero-order chi connectivity index (χ0) is 11.8. The molecule has 1 heterocycles. The Labute approximate surface area is 101 Å². The fourth-order valence-corrected chi connectivity index (χ4v) is 2.49. The van der Waals surface area contributed by atoms with Gasteiger partial charge in [-0.1, -0.05) is 12.1 Å². The van der Waals surface area contributed by atoms with Crippen molar-refractivity contribution in [3.63, 3.8) is 0 Å². The van der Waals surface area contributed by atoms with E-state index in [4.69, 9.17) is 16.3 Å². The molecule has 1 nitrogen and oxygen atoms in total. The molecule has 2 atom stereocenters. The van der Waals surface area contributed by atoms with E-state index in [1.807, 2.05) is 6.92 Å². The molecule has 88 valence electrons. The van der Waals surface area contributed by atoms with E-state index in [-0.39, 0.29) is 16.8 Å². The van der Waals surface area contributed by atoms with Gasteiger partial charge < -0.3 is 4.74 Å². The van der Waals surface area contributed by atoms with Crippen LogP contribution >= 0.6 is 11.6 Å². The van der Waals surface area contributed by atoms with Gasteiger partial charge in [-0.05, 0) is 43.9 Å². The summed E-state index contributed by atoms with van der Waals surface area (Å²) < 4.78 is 18.9. The Morgan fingerprint density at radius 2 is 2.25 bits per heavy atom. The molecular weight excluding hydrogens is 227 g/mol. The zero-order valence-corrected chi connectivity index (χ0v) is 10.4. The van der Waals surface area contributed by atoms with Crippen molar-refractivity contribution in [2.75, 3.05) is 6.61 Å². The largest absolute Gasteiger partial charge is 0.373 e. The minimum atomic E-state index is -0.314. The molecule has 0 bridgehead atoms. The van der Waals surface area contributed by atoms with Gasteiger partial charge in [0.1, 0.15) is 5.82 Å². The zero-order valence-electron chi connectivity index (χ0n) is 9.59. The second-order valence-electron chi connectivity index (χ2n) is 4.64. The Bertz CT molecular complexity index is 386. The van der Waals surface area contributed by atoms with Crippen LogP contribution in [-0.4, -0.2) is 12.2 Å². The Kier molecular flexibility index (Phi) is 3.22. The number of hydrogen-bond acceptors (Lipinski definition) is 1. The topological polar surface area (TPSA) is 9.23 Å². The number of rotatable bonds is 2. The molecule has 16 heavy (non-hydrogen) atoms. The molecule has 3 heteroatoms. The van der Waals surface area contributed by atoms with E-state index in [9.17, 15) is 4.39 Å². The molecule has 0 N–H and O–H groups in total. The average molecular weight is 243 g/mol. The number of alkyl halides is 1. The first-order valence-corrected chi connectivity index (χ1v) is 6.01. The van der Waals surface area contributed by atoms with Crippen molar-refractivity contribution in [2.45, 2.75) is 37.7 Å². The van der Waals surface area contributed by atoms with Gasteiger partial charge in [0.15, 0.2) is 0 Å². The molecule has 1 aromatic carbocycles. The van der Waals surface area contributed by atoms with Crippen LogP contribution < -0.4 is 0 Å². The molecular formula is C13H16ClFO. The highest BCUT2D eigenvalue weighted by Crippen LogP contribution is 2.41. The van der Waals surface area contributed by atoms with E-state index >= 15 is 0 Å². The van der Waals surface area contributed by atoms with Crippen LogP contribution in [0.4, 0.5) is 4.39 Å². The van der Waals surface area contributed by atoms with Crippen molar-refractivity contribution in [3.8, 4) is 0 Å². The number of halogens is 2. The van der Waals surface area contributed by atoms with Crippen LogP contribution in [0.3, 0.4) is 0 Å². The first-order valence-electron chi connectivity index (χ1n) is 5.57. The smallest absolute Gasteiger partial charge is 0.126 e. The van der Waals surface area contributed by atoms with Gasteiger partial charge in [-0.25, -0.2) is 4.39 Å². The molecule has 1 saturated heterocycles. The SMILES string of the molecule is Cc1cc(C(Cl)C2(C)CCCO2)ccc1F. The summed E-state index contributed by atoms with van der Waals surface area (Å²) in [6.07, 6.45) is 2.00. The van der Waals surface area contributed by atoms with Gasteiger partial charge in [0.05, 0.1) is 11.0 Å². The summed E-state index contributed by atoms with van der Waals surface area (Å²) in [6, 6.07) is 5.02. The summed E-state index contributed by atoms with van der Waals surface area (Å²) in [4.78, 5) is 0. The van der Waals surface area contributed by atoms with Gasteiger partial charge in [-0.3, -0.25) is 0 Å². The first kappa shape index (κ1) is 11.9. The molecule has 1 aliphatic heterocycles. The standard InChI is InChI=1S/C13H16ClFO/c1-9-8-10(4-5-11(9)15)12(14)13(2)6-3-7-16-13/h4-5,8,12H,3,6-7H2,1-2H3. The van der Waals surface area contributed by atoms with E-state index < -0.39 is 0 Å². The molecule has 0 aromatic heterocycles. The second-order valence-corrected chi connectivity index (χ2v) is 5.07. The average Bonchev–Trinajstić information content (AvgIpc) is 2.70. The highest BCUT2D eigenvalue weighted by Gasteiger charge is 2.38. The highest BCUT2D eigenvalue weighted by atomic mass is 35.5. The normalized spacial score (nSPS) is 27.0. The number of ether oxygens (including phenoxy) is 1. The van der Waals surface area contributed by atoms with Crippen molar-refractivity contribution < 1.29 is 9.13 Å². The summed E-state index contributed by atoms with van der Waals surface area (Å²) >= 11 is 6.43. The minimum Gasteiger partial charge on any atom is -0.373 e. The predicted octanol–water partition coefficient (Wildman–Crippen LogP) is 3.98. The maximum Gasteiger partial charge on any atom is 0.126 e. The molecule has 1 aliphatic rings. The van der Waals surface area contributed by atoms with Crippen molar-refractivity contribution in [2.24, 2.45) is 0 Å². The van der Waals surface area contributed by atoms with Crippen LogP contribution in [0, 0.1) is 12.7 Å². The number of hydrogen-bond donors (Lipinski definition) is 0. The van der Waals surface area contributed by atoms with E-state index in [1.54, 1.807) is 19.1 Å². The van der Waals surface area contributed by atoms with Gasteiger partial charge in [-0.2, -0.15) is 0 Å². The van der Waals surface area contributed by atoms with Gasteiger partial charge in [0.25, 0.3) is 0 Å². The third kappa shape index (κ3) is 2.09. The Balaban J connectivity index is 2.26. The maximum atomic E-state index is 13.2. The van der Waals surface area contributed by atoms with Crippen molar-refractivity contribution in [1.29, 1.82) is 0 Å². The van der Waals surface area contributed by atoms with Crippen LogP contribution in [-0.2, 0) is 4.74 Å². The lowest BCUT2D eigenvalue weighted by molar-refractivity contribution is 0.0164. The van der Waals surface area contributed by atoms with E-state index in [1.165, 1.54) is 6.07 Å². The first-order chi connectivity index (χ1) is 7.53. The van der Waals surface area contributed by atoms with E-state index in [0.29, 0.717) is 5.56 Å². The monoisotopic (exact) mass is 242 g/mol. The Hall–Kier alpha value is -0.600. The van der Waals surface area contributed by atoms with Crippen LogP contribution in [0.1, 0.15) is 36.3 Å². The van der Waals surface area contributed by atoms with Gasteiger partial charge in [0.2, 0.25) is 0 Å². The molecule has 2 rings (SSSR count). The summed E-state index contributed by atoms with van der Waals surface area (Å²) in [5.74, 6) is -0.190. The summed E-state index contributed by atoms with van der Waals surface area (Å²) in [5.41, 5.74) is 1.25. The lowest BCUT2D eigenvalue weighted by Gasteiger charge is -2.29. The third-order valence-electron chi connectivity index (χ3n) is 3.26. The van der Waals surface area contributed by atoms with Crippen LogP contribution in [0.25, 0.3) is 0 Å². The van der Waals surface area contributed by atoms with Gasteiger partial charge >= 0.3 is 0 Å². The number of benzene rings is 1. The third-order valence-corrected chi connectivity index (χ3v) is 3.97. The molecule has 2 unspecified atom stereocenters. The molecule has 0 saturated carbocycles. The predicted molar refractivity (Wildman–Crippen MR) is 63.3 cm³/mol. The second kappa shape index (κ2) is 4.34. The van der Waals surface area contributed by atoms with Gasteiger partial charge in [0, 0.05) is 6.61 Å². The Morgan fingerprint density at radius 1 is 1.50 bits per heavy atom. The van der Waals surface area contributed by atoms with E-state index in [2.05, 4.69) is 0 Å². The summed E-state index contributed by atoms with van der Waals surface area (Å²) in [6.45, 7) is 4.54. The molecule has 0 amide bonds. The highest BCUT2D eigenvalue weighted by molar-refractivity contribution is 6.21. The summed E-state index contributed by atoms with van der Waals surface area (Å²) in [5, 5.41) is -0.214. The fourth-order valence-electron chi connectivity index (χ4n) is 2.18. The van der Waals surface area contributed by atoms with Crippen molar-refractivity contribution in [3.05, 3.63) is 35.1 Å². The lowest BCUT2D eigenvalue weighted by Crippen LogP contribution is -2.28. The quantitative estimate of drug-likeness (QED) is 0.713. The van der Waals surface area contributed by atoms with Crippen molar-refractivity contribution in [1.82, 2.24) is 0 Å². The number of aryl methyl sites for hydroxylation is 1. The Morgan fingerprint density at radius 3 is 2.81 bits per heavy atom. The minimum absolute atomic E-state index is 0.190. The van der Waals surface area contributed by atoms with Crippen LogP contribution in [0.2, 0.25) is 0 Å². The molecule has 0 spiro atoms. The summed E-state index contributed by atoms with van der Waals surface area (Å²) in [7, 11) is 0. The van der Waals surface area contributed by atoms with Gasteiger partial charge in [-0.15, -0.1) is 11.6 Å². The van der Waals surface area contributed by atoms with Crippen LogP contribution in [0.15, 0.2) is 18.2 Å². The van der Waals surface area contributed by atoms with Crippen LogP contribution in [0.5, 0.6) is 0 Å². The molecule has 0 radical (unpaired) electrons. The maximum absolute atomic E-state index is 13.2. The molecule has 1 aromatic rings. The molecule has 1 fully saturated rings. The van der Waals surface area contributed by atoms with Crippen molar-refractivity contribution >= 4 is 11.6 Å². The fraction of sp³-hybridized carbons (Fsp3) is 0.538. The van der Waals surface area contributed by atoms with E-state index in [0.717, 1.165) is 25.0 Å². The molecule has 0 aliphatic carbocycles. The lowest BCUT2D eigenvalue weighted by atomic mass is 9.92.